The molecule has 0 radical (unpaired) electrons. The molecule has 106 valence electrons. The smallest absolute Gasteiger partial charge is 0.504 e. The molecule has 0 aliphatic heterocycles. The van der Waals surface area contributed by atoms with Crippen LogP contribution in [0.5, 0.6) is 11.5 Å². The van der Waals surface area contributed by atoms with Crippen LogP contribution in [-0.4, -0.2) is 21.4 Å². The normalized spacial score (nSPS) is 11.4. The number of nitrogen functional groups attached to an aromatic ring is 1. The monoisotopic (exact) mass is 305 g/mol. The lowest BCUT2D eigenvalue weighted by atomic mass is 10.1. The van der Waals surface area contributed by atoms with E-state index < -0.39 is 17.9 Å². The number of benzene rings is 1. The zero-order chi connectivity index (χ0) is 14.9. The van der Waals surface area contributed by atoms with E-state index in [2.05, 4.69) is 14.7 Å². The van der Waals surface area contributed by atoms with E-state index >= 15 is 0 Å². The second-order valence-corrected chi connectivity index (χ2v) is 4.06. The molecule has 0 bridgehead atoms. The standard InChI is InChI=1S/C11H7ClF3N3O2/c12-6-4-17-10(16)18-9(6)5-1-2-7(19)8(3-5)20-11(13,14)15/h1-4,19H,(H2,16,17,18). The first kappa shape index (κ1) is 14.2. The fourth-order valence-electron chi connectivity index (χ4n) is 1.45. The van der Waals surface area contributed by atoms with Crippen LogP contribution in [0.15, 0.2) is 24.4 Å². The van der Waals surface area contributed by atoms with Crippen LogP contribution in [0.2, 0.25) is 5.02 Å². The summed E-state index contributed by atoms with van der Waals surface area (Å²) in [6.07, 6.45) is -3.71. The Labute approximate surface area is 115 Å². The summed E-state index contributed by atoms with van der Waals surface area (Å²) in [4.78, 5) is 7.46. The Morgan fingerprint density at radius 3 is 2.65 bits per heavy atom. The SMILES string of the molecule is Nc1ncc(Cl)c(-c2ccc(O)c(OC(F)(F)F)c2)n1. The number of alkyl halides is 3. The molecule has 0 amide bonds. The topological polar surface area (TPSA) is 81.3 Å². The summed E-state index contributed by atoms with van der Waals surface area (Å²) in [7, 11) is 0. The molecule has 0 fully saturated rings. The van der Waals surface area contributed by atoms with E-state index in [0.29, 0.717) is 0 Å². The van der Waals surface area contributed by atoms with Crippen LogP contribution in [-0.2, 0) is 0 Å². The first-order valence-electron chi connectivity index (χ1n) is 5.13. The molecule has 20 heavy (non-hydrogen) atoms. The third kappa shape index (κ3) is 3.21. The van der Waals surface area contributed by atoms with Crippen molar-refractivity contribution in [2.75, 3.05) is 5.73 Å². The van der Waals surface area contributed by atoms with Crippen LogP contribution in [0.25, 0.3) is 11.3 Å². The van der Waals surface area contributed by atoms with Gasteiger partial charge >= 0.3 is 6.36 Å². The van der Waals surface area contributed by atoms with Gasteiger partial charge in [-0.15, -0.1) is 13.2 Å². The number of nitrogens with zero attached hydrogens (tertiary/aromatic N) is 2. The predicted molar refractivity (Wildman–Crippen MR) is 65.2 cm³/mol. The molecule has 0 atom stereocenters. The quantitative estimate of drug-likeness (QED) is 0.891. The Kier molecular flexibility index (Phi) is 3.58. The summed E-state index contributed by atoms with van der Waals surface area (Å²) in [6, 6.07) is 3.31. The van der Waals surface area contributed by atoms with Gasteiger partial charge in [-0.2, -0.15) is 0 Å². The van der Waals surface area contributed by atoms with E-state index in [9.17, 15) is 18.3 Å². The number of aromatic hydroxyl groups is 1. The van der Waals surface area contributed by atoms with Gasteiger partial charge in [-0.1, -0.05) is 11.6 Å². The van der Waals surface area contributed by atoms with Crippen molar-refractivity contribution < 1.29 is 23.0 Å². The molecule has 5 nitrogen and oxygen atoms in total. The highest BCUT2D eigenvalue weighted by molar-refractivity contribution is 6.32. The van der Waals surface area contributed by atoms with Gasteiger partial charge in [-0.3, -0.25) is 0 Å². The van der Waals surface area contributed by atoms with Crippen molar-refractivity contribution in [3.63, 3.8) is 0 Å². The molecule has 0 spiro atoms. The van der Waals surface area contributed by atoms with Crippen molar-refractivity contribution in [1.29, 1.82) is 0 Å². The van der Waals surface area contributed by atoms with Crippen molar-refractivity contribution in [2.24, 2.45) is 0 Å². The number of hydrogen-bond acceptors (Lipinski definition) is 5. The van der Waals surface area contributed by atoms with Crippen LogP contribution >= 0.6 is 11.6 Å². The zero-order valence-corrected chi connectivity index (χ0v) is 10.4. The number of hydrogen-bond donors (Lipinski definition) is 2. The third-order valence-electron chi connectivity index (χ3n) is 2.22. The van der Waals surface area contributed by atoms with E-state index in [1.165, 1.54) is 12.3 Å². The molecule has 0 aliphatic rings. The van der Waals surface area contributed by atoms with Gasteiger partial charge < -0.3 is 15.6 Å². The molecular formula is C11H7ClF3N3O2. The van der Waals surface area contributed by atoms with Crippen molar-refractivity contribution >= 4 is 17.5 Å². The fraction of sp³-hybridized carbons (Fsp3) is 0.0909. The lowest BCUT2D eigenvalue weighted by molar-refractivity contribution is -0.275. The Morgan fingerprint density at radius 1 is 1.30 bits per heavy atom. The molecule has 0 saturated carbocycles. The lowest BCUT2D eigenvalue weighted by Crippen LogP contribution is -2.17. The van der Waals surface area contributed by atoms with Crippen LogP contribution in [0.4, 0.5) is 19.1 Å². The molecule has 0 unspecified atom stereocenters. The molecule has 2 rings (SSSR count). The van der Waals surface area contributed by atoms with Gasteiger partial charge in [-0.25, -0.2) is 9.97 Å². The minimum Gasteiger partial charge on any atom is -0.504 e. The molecule has 1 aromatic heterocycles. The number of halogens is 4. The Hall–Kier alpha value is -2.22. The number of phenols is 1. The van der Waals surface area contributed by atoms with Crippen LogP contribution in [0, 0.1) is 0 Å². The van der Waals surface area contributed by atoms with E-state index in [-0.39, 0.29) is 22.2 Å². The fourth-order valence-corrected chi connectivity index (χ4v) is 1.65. The number of phenolic OH excluding ortho intramolecular Hbond substituents is 1. The highest BCUT2D eigenvalue weighted by Crippen LogP contribution is 2.36. The number of anilines is 1. The summed E-state index contributed by atoms with van der Waals surface area (Å²) in [5.74, 6) is -1.51. The van der Waals surface area contributed by atoms with Gasteiger partial charge in [0.15, 0.2) is 11.5 Å². The molecule has 9 heteroatoms. The summed E-state index contributed by atoms with van der Waals surface area (Å²) < 4.78 is 40.3. The number of aromatic nitrogens is 2. The van der Waals surface area contributed by atoms with Crippen molar-refractivity contribution in [2.45, 2.75) is 6.36 Å². The maximum Gasteiger partial charge on any atom is 0.573 e. The van der Waals surface area contributed by atoms with E-state index in [0.717, 1.165) is 12.1 Å². The van der Waals surface area contributed by atoms with E-state index in [1.807, 2.05) is 0 Å². The average Bonchev–Trinajstić information content (AvgIpc) is 2.33. The summed E-state index contributed by atoms with van der Waals surface area (Å²) in [5.41, 5.74) is 5.72. The Balaban J connectivity index is 2.48. The number of ether oxygens (including phenoxy) is 1. The van der Waals surface area contributed by atoms with Gasteiger partial charge in [0.1, 0.15) is 0 Å². The maximum atomic E-state index is 12.2. The molecule has 2 aromatic rings. The molecule has 1 heterocycles. The third-order valence-corrected chi connectivity index (χ3v) is 2.50. The first-order chi connectivity index (χ1) is 9.26. The predicted octanol–water partition coefficient (Wildman–Crippen LogP) is 2.98. The molecule has 3 N–H and O–H groups in total. The summed E-state index contributed by atoms with van der Waals surface area (Å²) in [5, 5.41) is 9.45. The number of rotatable bonds is 2. The maximum absolute atomic E-state index is 12.2. The molecule has 1 aromatic carbocycles. The molecule has 0 aliphatic carbocycles. The van der Waals surface area contributed by atoms with Crippen LogP contribution < -0.4 is 10.5 Å². The minimum atomic E-state index is -4.93. The Morgan fingerprint density at radius 2 is 2.00 bits per heavy atom. The van der Waals surface area contributed by atoms with Crippen LogP contribution in [0.3, 0.4) is 0 Å². The second-order valence-electron chi connectivity index (χ2n) is 3.66. The van der Waals surface area contributed by atoms with Gasteiger partial charge in [0.05, 0.1) is 16.9 Å². The van der Waals surface area contributed by atoms with Gasteiger partial charge in [0.2, 0.25) is 5.95 Å². The van der Waals surface area contributed by atoms with Gasteiger partial charge in [0.25, 0.3) is 0 Å². The van der Waals surface area contributed by atoms with E-state index in [4.69, 9.17) is 17.3 Å². The minimum absolute atomic E-state index is 0.0873. The molecular weight excluding hydrogens is 299 g/mol. The van der Waals surface area contributed by atoms with Crippen LogP contribution in [0.1, 0.15) is 0 Å². The van der Waals surface area contributed by atoms with E-state index in [1.54, 1.807) is 0 Å². The van der Waals surface area contributed by atoms with Crippen molar-refractivity contribution in [1.82, 2.24) is 9.97 Å². The number of nitrogens with two attached hydrogens (primary N) is 1. The second kappa shape index (κ2) is 5.04. The highest BCUT2D eigenvalue weighted by Gasteiger charge is 2.32. The lowest BCUT2D eigenvalue weighted by Gasteiger charge is -2.12. The van der Waals surface area contributed by atoms with Gasteiger partial charge in [0, 0.05) is 5.56 Å². The Bertz CT molecular complexity index is 649. The largest absolute Gasteiger partial charge is 0.573 e. The van der Waals surface area contributed by atoms with Crippen molar-refractivity contribution in [3.05, 3.63) is 29.4 Å². The first-order valence-corrected chi connectivity index (χ1v) is 5.51. The van der Waals surface area contributed by atoms with Crippen molar-refractivity contribution in [3.8, 4) is 22.8 Å². The van der Waals surface area contributed by atoms with Gasteiger partial charge in [-0.05, 0) is 18.2 Å². The molecule has 0 saturated heterocycles. The average molecular weight is 306 g/mol. The summed E-state index contributed by atoms with van der Waals surface area (Å²) >= 11 is 5.85. The summed E-state index contributed by atoms with van der Waals surface area (Å²) in [6.45, 7) is 0. The zero-order valence-electron chi connectivity index (χ0n) is 9.65. The highest BCUT2D eigenvalue weighted by atomic mass is 35.5.